The minimum Gasteiger partial charge on any atom is -0.451 e. The van der Waals surface area contributed by atoms with E-state index in [0.29, 0.717) is 0 Å². The molecule has 0 saturated heterocycles. The summed E-state index contributed by atoms with van der Waals surface area (Å²) in [6.45, 7) is 0. The summed E-state index contributed by atoms with van der Waals surface area (Å²) in [6.07, 6.45) is 0. The molecule has 8 nitrogen and oxygen atoms in total. The van der Waals surface area contributed by atoms with Crippen molar-refractivity contribution in [3.8, 4) is 11.5 Å². The lowest BCUT2D eigenvalue weighted by atomic mass is 10.2. The highest BCUT2D eigenvalue weighted by molar-refractivity contribution is 5.91. The summed E-state index contributed by atoms with van der Waals surface area (Å²) in [5.41, 5.74) is 9.86. The standard InChI is InChI=1S/C14H8F3N5O3/c15-8-7-11(20-14(19)21-13(7)18)10(17)12(9(8)16)25-6-3-1-5(2-4-6)22(23)24/h1-4H,(H4,18,19,20,21). The second kappa shape index (κ2) is 5.78. The highest BCUT2D eigenvalue weighted by Gasteiger charge is 2.25. The van der Waals surface area contributed by atoms with E-state index < -0.39 is 50.8 Å². The maximum absolute atomic E-state index is 14.5. The number of nitro groups is 1. The van der Waals surface area contributed by atoms with Gasteiger partial charge in [-0.3, -0.25) is 10.1 Å². The number of hydrogen-bond donors (Lipinski definition) is 2. The smallest absolute Gasteiger partial charge is 0.269 e. The van der Waals surface area contributed by atoms with Gasteiger partial charge in [0.05, 0.1) is 10.3 Å². The third kappa shape index (κ3) is 2.71. The summed E-state index contributed by atoms with van der Waals surface area (Å²) < 4.78 is 47.9. The van der Waals surface area contributed by atoms with Gasteiger partial charge in [-0.1, -0.05) is 0 Å². The Bertz CT molecular complexity index is 1010. The van der Waals surface area contributed by atoms with Crippen molar-refractivity contribution < 1.29 is 22.8 Å². The molecular formula is C14H8F3N5O3. The molecule has 0 spiro atoms. The topological polar surface area (TPSA) is 130 Å². The summed E-state index contributed by atoms with van der Waals surface area (Å²) in [5.74, 6) is -6.70. The summed E-state index contributed by atoms with van der Waals surface area (Å²) >= 11 is 0. The van der Waals surface area contributed by atoms with Crippen LogP contribution in [0.1, 0.15) is 0 Å². The first-order valence-electron chi connectivity index (χ1n) is 6.61. The van der Waals surface area contributed by atoms with Crippen molar-refractivity contribution >= 4 is 28.4 Å². The molecule has 0 atom stereocenters. The van der Waals surface area contributed by atoms with Crippen LogP contribution in [0.3, 0.4) is 0 Å². The Balaban J connectivity index is 2.14. The quantitative estimate of drug-likeness (QED) is 0.421. The molecular weight excluding hydrogens is 343 g/mol. The second-order valence-corrected chi connectivity index (χ2v) is 4.81. The first-order chi connectivity index (χ1) is 11.8. The molecule has 1 heterocycles. The van der Waals surface area contributed by atoms with Crippen molar-refractivity contribution in [1.29, 1.82) is 0 Å². The second-order valence-electron chi connectivity index (χ2n) is 4.81. The van der Waals surface area contributed by atoms with Crippen LogP contribution in [0.15, 0.2) is 24.3 Å². The Morgan fingerprint density at radius 3 is 2.24 bits per heavy atom. The van der Waals surface area contributed by atoms with Crippen LogP contribution in [0.25, 0.3) is 10.9 Å². The molecule has 1 aromatic heterocycles. The molecule has 25 heavy (non-hydrogen) atoms. The minimum atomic E-state index is -1.65. The number of nitro benzene ring substituents is 1. The van der Waals surface area contributed by atoms with Gasteiger partial charge >= 0.3 is 0 Å². The Morgan fingerprint density at radius 2 is 1.64 bits per heavy atom. The molecule has 0 saturated carbocycles. The Morgan fingerprint density at radius 1 is 1.00 bits per heavy atom. The normalized spacial score (nSPS) is 10.8. The highest BCUT2D eigenvalue weighted by atomic mass is 19.2. The first kappa shape index (κ1) is 16.2. The maximum atomic E-state index is 14.5. The van der Waals surface area contributed by atoms with Crippen molar-refractivity contribution in [2.24, 2.45) is 0 Å². The SMILES string of the molecule is Nc1nc(N)c2c(F)c(F)c(Oc3ccc([N+](=O)[O-])cc3)c(F)c2n1. The van der Waals surface area contributed by atoms with Gasteiger partial charge in [0.15, 0.2) is 11.6 Å². The van der Waals surface area contributed by atoms with E-state index in [0.717, 1.165) is 24.3 Å². The zero-order valence-electron chi connectivity index (χ0n) is 12.2. The summed E-state index contributed by atoms with van der Waals surface area (Å²) in [5, 5.41) is 9.92. The summed E-state index contributed by atoms with van der Waals surface area (Å²) in [4.78, 5) is 16.9. The average molecular weight is 351 g/mol. The molecule has 3 rings (SSSR count). The molecule has 0 radical (unpaired) electrons. The Kier molecular flexibility index (Phi) is 3.75. The molecule has 0 amide bonds. The van der Waals surface area contributed by atoms with Gasteiger partial charge in [0.1, 0.15) is 17.1 Å². The molecule has 0 aliphatic rings. The highest BCUT2D eigenvalue weighted by Crippen LogP contribution is 2.36. The van der Waals surface area contributed by atoms with E-state index in [1.54, 1.807) is 0 Å². The Hall–Kier alpha value is -3.63. The lowest BCUT2D eigenvalue weighted by Crippen LogP contribution is -2.06. The van der Waals surface area contributed by atoms with Gasteiger partial charge in [-0.05, 0) is 12.1 Å². The van der Waals surface area contributed by atoms with E-state index in [-0.39, 0.29) is 11.4 Å². The molecule has 0 aliphatic heterocycles. The molecule has 128 valence electrons. The predicted octanol–water partition coefficient (Wildman–Crippen LogP) is 2.91. The number of nitrogens with two attached hydrogens (primary N) is 2. The number of anilines is 2. The van der Waals surface area contributed by atoms with Crippen molar-refractivity contribution in [2.45, 2.75) is 0 Å². The van der Waals surface area contributed by atoms with Crippen LogP contribution in [0, 0.1) is 27.6 Å². The van der Waals surface area contributed by atoms with Gasteiger partial charge in [0.2, 0.25) is 17.5 Å². The number of aromatic nitrogens is 2. The fourth-order valence-electron chi connectivity index (χ4n) is 2.13. The van der Waals surface area contributed by atoms with Gasteiger partial charge in [-0.2, -0.15) is 9.37 Å². The van der Waals surface area contributed by atoms with Gasteiger partial charge in [-0.15, -0.1) is 0 Å². The van der Waals surface area contributed by atoms with E-state index >= 15 is 0 Å². The lowest BCUT2D eigenvalue weighted by molar-refractivity contribution is -0.384. The lowest BCUT2D eigenvalue weighted by Gasteiger charge is -2.12. The third-order valence-corrected chi connectivity index (χ3v) is 3.24. The van der Waals surface area contributed by atoms with Crippen LogP contribution in [0.4, 0.5) is 30.6 Å². The zero-order chi connectivity index (χ0) is 18.3. The number of hydrogen-bond acceptors (Lipinski definition) is 7. The van der Waals surface area contributed by atoms with Gasteiger partial charge in [-0.25, -0.2) is 13.8 Å². The molecule has 0 fully saturated rings. The van der Waals surface area contributed by atoms with Crippen molar-refractivity contribution in [2.75, 3.05) is 11.5 Å². The van der Waals surface area contributed by atoms with Crippen molar-refractivity contribution in [1.82, 2.24) is 9.97 Å². The molecule has 0 aliphatic carbocycles. The molecule has 11 heteroatoms. The average Bonchev–Trinajstić information content (AvgIpc) is 2.56. The molecule has 2 aromatic carbocycles. The van der Waals surface area contributed by atoms with E-state index in [4.69, 9.17) is 16.2 Å². The van der Waals surface area contributed by atoms with Gasteiger partial charge in [0.25, 0.3) is 5.69 Å². The number of nitrogen functional groups attached to an aromatic ring is 2. The number of benzene rings is 2. The van der Waals surface area contributed by atoms with Crippen LogP contribution < -0.4 is 16.2 Å². The largest absolute Gasteiger partial charge is 0.451 e. The van der Waals surface area contributed by atoms with E-state index in [9.17, 15) is 23.3 Å². The van der Waals surface area contributed by atoms with Crippen LogP contribution in [-0.4, -0.2) is 14.9 Å². The summed E-state index contributed by atoms with van der Waals surface area (Å²) in [6, 6.07) is 4.31. The van der Waals surface area contributed by atoms with Crippen molar-refractivity contribution in [3.05, 3.63) is 51.8 Å². The first-order valence-corrected chi connectivity index (χ1v) is 6.61. The molecule has 0 bridgehead atoms. The number of halogens is 3. The monoisotopic (exact) mass is 351 g/mol. The zero-order valence-corrected chi connectivity index (χ0v) is 12.2. The van der Waals surface area contributed by atoms with Crippen LogP contribution >= 0.6 is 0 Å². The fraction of sp³-hybridized carbons (Fsp3) is 0. The number of ether oxygens (including phenoxy) is 1. The number of rotatable bonds is 3. The van der Waals surface area contributed by atoms with Crippen LogP contribution in [0.5, 0.6) is 11.5 Å². The Labute approximate surface area is 137 Å². The maximum Gasteiger partial charge on any atom is 0.269 e. The van der Waals surface area contributed by atoms with Gasteiger partial charge in [0, 0.05) is 12.1 Å². The molecule has 0 unspecified atom stereocenters. The van der Waals surface area contributed by atoms with E-state index in [2.05, 4.69) is 9.97 Å². The third-order valence-electron chi connectivity index (χ3n) is 3.24. The molecule has 4 N–H and O–H groups in total. The number of nitrogens with zero attached hydrogens (tertiary/aromatic N) is 3. The number of fused-ring (bicyclic) bond motifs is 1. The van der Waals surface area contributed by atoms with Crippen molar-refractivity contribution in [3.63, 3.8) is 0 Å². The van der Waals surface area contributed by atoms with Crippen LogP contribution in [-0.2, 0) is 0 Å². The number of non-ortho nitro benzene ring substituents is 1. The molecule has 3 aromatic rings. The minimum absolute atomic E-state index is 0.155. The van der Waals surface area contributed by atoms with Crippen LogP contribution in [0.2, 0.25) is 0 Å². The fourth-order valence-corrected chi connectivity index (χ4v) is 2.13. The predicted molar refractivity (Wildman–Crippen MR) is 81.4 cm³/mol. The summed E-state index contributed by atoms with van der Waals surface area (Å²) in [7, 11) is 0. The van der Waals surface area contributed by atoms with E-state index in [1.807, 2.05) is 0 Å². The van der Waals surface area contributed by atoms with E-state index in [1.165, 1.54) is 0 Å². The van der Waals surface area contributed by atoms with Gasteiger partial charge < -0.3 is 16.2 Å².